The van der Waals surface area contributed by atoms with Crippen LogP contribution in [0.15, 0.2) is 24.3 Å². The third-order valence-electron chi connectivity index (χ3n) is 3.33. The van der Waals surface area contributed by atoms with Crippen molar-refractivity contribution in [1.82, 2.24) is 0 Å². The van der Waals surface area contributed by atoms with Gasteiger partial charge in [-0.2, -0.15) is 0 Å². The third kappa shape index (κ3) is 1.82. The molecule has 0 amide bonds. The Kier molecular flexibility index (Phi) is 2.70. The molecule has 1 N–H and O–H groups in total. The van der Waals surface area contributed by atoms with E-state index in [1.165, 1.54) is 13.2 Å². The van der Waals surface area contributed by atoms with Gasteiger partial charge in [0.25, 0.3) is 0 Å². The standard InChI is InChI=1S/C13H15FO3/c1-12(16)7-13(8-12,11(15)17-2)9-5-3-4-6-10(9)14/h3-6,16H,7-8H2,1-2H3. The van der Waals surface area contributed by atoms with Gasteiger partial charge in [0.2, 0.25) is 0 Å². The van der Waals surface area contributed by atoms with E-state index in [9.17, 15) is 14.3 Å². The van der Waals surface area contributed by atoms with Crippen LogP contribution in [-0.4, -0.2) is 23.8 Å². The van der Waals surface area contributed by atoms with Crippen LogP contribution in [0.2, 0.25) is 0 Å². The number of aliphatic hydroxyl groups is 1. The van der Waals surface area contributed by atoms with E-state index in [2.05, 4.69) is 0 Å². The summed E-state index contributed by atoms with van der Waals surface area (Å²) < 4.78 is 18.5. The number of rotatable bonds is 2. The van der Waals surface area contributed by atoms with Crippen LogP contribution in [0.3, 0.4) is 0 Å². The lowest BCUT2D eigenvalue weighted by atomic mass is 9.56. The topological polar surface area (TPSA) is 46.5 Å². The minimum Gasteiger partial charge on any atom is -0.468 e. The average molecular weight is 238 g/mol. The molecule has 1 saturated carbocycles. The minimum atomic E-state index is -1.04. The summed E-state index contributed by atoms with van der Waals surface area (Å²) in [5.41, 5.74) is -1.67. The predicted octanol–water partition coefficient (Wildman–Crippen LogP) is 1.78. The van der Waals surface area contributed by atoms with Crippen molar-refractivity contribution in [2.75, 3.05) is 7.11 Å². The first-order valence-electron chi connectivity index (χ1n) is 5.47. The molecule has 0 spiro atoms. The number of benzene rings is 1. The first kappa shape index (κ1) is 12.0. The van der Waals surface area contributed by atoms with Crippen LogP contribution in [0.5, 0.6) is 0 Å². The first-order chi connectivity index (χ1) is 7.91. The van der Waals surface area contributed by atoms with Gasteiger partial charge in [0.05, 0.1) is 12.7 Å². The van der Waals surface area contributed by atoms with Gasteiger partial charge in [-0.15, -0.1) is 0 Å². The highest BCUT2D eigenvalue weighted by Gasteiger charge is 2.58. The Morgan fingerprint density at radius 1 is 1.41 bits per heavy atom. The quantitative estimate of drug-likeness (QED) is 0.799. The van der Waals surface area contributed by atoms with Gasteiger partial charge >= 0.3 is 5.97 Å². The largest absolute Gasteiger partial charge is 0.468 e. The number of hydrogen-bond acceptors (Lipinski definition) is 3. The van der Waals surface area contributed by atoms with Gasteiger partial charge in [-0.25, -0.2) is 4.39 Å². The van der Waals surface area contributed by atoms with Crippen LogP contribution in [0, 0.1) is 5.82 Å². The molecule has 0 bridgehead atoms. The maximum atomic E-state index is 13.8. The molecule has 0 aromatic heterocycles. The molecule has 2 rings (SSSR count). The number of esters is 1. The van der Waals surface area contributed by atoms with Crippen molar-refractivity contribution in [3.05, 3.63) is 35.6 Å². The lowest BCUT2D eigenvalue weighted by Gasteiger charge is -2.49. The van der Waals surface area contributed by atoms with E-state index in [0.29, 0.717) is 5.56 Å². The molecule has 1 aliphatic rings. The van der Waals surface area contributed by atoms with Gasteiger partial charge in [0.1, 0.15) is 11.2 Å². The average Bonchev–Trinajstić information content (AvgIpc) is 2.25. The maximum absolute atomic E-state index is 13.8. The molecular weight excluding hydrogens is 223 g/mol. The van der Waals surface area contributed by atoms with E-state index in [-0.39, 0.29) is 12.8 Å². The van der Waals surface area contributed by atoms with Crippen LogP contribution in [0.4, 0.5) is 4.39 Å². The highest BCUT2D eigenvalue weighted by molar-refractivity contribution is 5.85. The van der Waals surface area contributed by atoms with Crippen LogP contribution in [0.25, 0.3) is 0 Å². The van der Waals surface area contributed by atoms with E-state index in [0.717, 1.165) is 0 Å². The highest BCUT2D eigenvalue weighted by Crippen LogP contribution is 2.51. The molecule has 0 aliphatic heterocycles. The van der Waals surface area contributed by atoms with Gasteiger partial charge in [-0.1, -0.05) is 18.2 Å². The van der Waals surface area contributed by atoms with Gasteiger partial charge < -0.3 is 9.84 Å². The van der Waals surface area contributed by atoms with E-state index < -0.39 is 22.8 Å². The van der Waals surface area contributed by atoms with Crippen molar-refractivity contribution in [3.8, 4) is 0 Å². The summed E-state index contributed by atoms with van der Waals surface area (Å²) in [4.78, 5) is 11.9. The molecule has 1 fully saturated rings. The summed E-state index contributed by atoms with van der Waals surface area (Å²) in [5, 5.41) is 9.82. The molecule has 0 unspecified atom stereocenters. The molecule has 1 aromatic rings. The molecule has 0 radical (unpaired) electrons. The number of halogens is 1. The van der Waals surface area contributed by atoms with Gasteiger partial charge in [0, 0.05) is 5.56 Å². The molecule has 0 heterocycles. The lowest BCUT2D eigenvalue weighted by Crippen LogP contribution is -2.58. The number of carbonyl (C=O) groups excluding carboxylic acids is 1. The van der Waals surface area contributed by atoms with Crippen LogP contribution in [0.1, 0.15) is 25.3 Å². The summed E-state index contributed by atoms with van der Waals surface area (Å²) in [6, 6.07) is 6.13. The molecule has 92 valence electrons. The molecule has 0 atom stereocenters. The first-order valence-corrected chi connectivity index (χ1v) is 5.47. The Hall–Kier alpha value is -1.42. The summed E-state index contributed by atoms with van der Waals surface area (Å²) in [6.45, 7) is 1.63. The smallest absolute Gasteiger partial charge is 0.316 e. The summed E-state index contributed by atoms with van der Waals surface area (Å²) >= 11 is 0. The molecule has 4 heteroatoms. The highest BCUT2D eigenvalue weighted by atomic mass is 19.1. The van der Waals surface area contributed by atoms with Crippen molar-refractivity contribution >= 4 is 5.97 Å². The van der Waals surface area contributed by atoms with E-state index in [1.54, 1.807) is 25.1 Å². The van der Waals surface area contributed by atoms with Crippen LogP contribution in [-0.2, 0) is 14.9 Å². The summed E-state index contributed by atoms with van der Waals surface area (Å²) in [6.07, 6.45) is 0.376. The van der Waals surface area contributed by atoms with Gasteiger partial charge in [-0.05, 0) is 25.8 Å². The van der Waals surface area contributed by atoms with Crippen molar-refractivity contribution in [1.29, 1.82) is 0 Å². The van der Waals surface area contributed by atoms with Crippen molar-refractivity contribution in [3.63, 3.8) is 0 Å². The van der Waals surface area contributed by atoms with Crippen LogP contribution < -0.4 is 0 Å². The second kappa shape index (κ2) is 3.81. The fourth-order valence-electron chi connectivity index (χ4n) is 2.74. The monoisotopic (exact) mass is 238 g/mol. The molecule has 1 aliphatic carbocycles. The molecular formula is C13H15FO3. The van der Waals surface area contributed by atoms with Crippen LogP contribution >= 0.6 is 0 Å². The second-order valence-electron chi connectivity index (χ2n) is 4.90. The Labute approximate surface area is 99.2 Å². The van der Waals surface area contributed by atoms with E-state index >= 15 is 0 Å². The predicted molar refractivity (Wildman–Crippen MR) is 60.0 cm³/mol. The minimum absolute atomic E-state index is 0.188. The fourth-order valence-corrected chi connectivity index (χ4v) is 2.74. The molecule has 1 aromatic carbocycles. The number of carbonyl (C=O) groups is 1. The number of ether oxygens (including phenoxy) is 1. The Bertz CT molecular complexity index is 446. The summed E-state index contributed by atoms with van der Waals surface area (Å²) in [7, 11) is 1.28. The molecule has 3 nitrogen and oxygen atoms in total. The number of hydrogen-bond donors (Lipinski definition) is 1. The SMILES string of the molecule is COC(=O)C1(c2ccccc2F)CC(C)(O)C1. The zero-order valence-corrected chi connectivity index (χ0v) is 9.87. The Morgan fingerprint density at radius 3 is 2.47 bits per heavy atom. The maximum Gasteiger partial charge on any atom is 0.316 e. The normalized spacial score (nSPS) is 31.8. The van der Waals surface area contributed by atoms with Gasteiger partial charge in [0.15, 0.2) is 0 Å². The molecule has 0 saturated heterocycles. The zero-order chi connectivity index (χ0) is 12.7. The zero-order valence-electron chi connectivity index (χ0n) is 9.87. The summed E-state index contributed by atoms with van der Waals surface area (Å²) in [5.74, 6) is -0.928. The van der Waals surface area contributed by atoms with E-state index in [1.807, 2.05) is 0 Å². The Balaban J connectivity index is 2.44. The lowest BCUT2D eigenvalue weighted by molar-refractivity contribution is -0.166. The number of methoxy groups -OCH3 is 1. The molecule has 17 heavy (non-hydrogen) atoms. The van der Waals surface area contributed by atoms with Crippen molar-refractivity contribution < 1.29 is 19.0 Å². The second-order valence-corrected chi connectivity index (χ2v) is 4.90. The van der Waals surface area contributed by atoms with Crippen molar-refractivity contribution in [2.24, 2.45) is 0 Å². The fraction of sp³-hybridized carbons (Fsp3) is 0.462. The van der Waals surface area contributed by atoms with Crippen molar-refractivity contribution in [2.45, 2.75) is 30.8 Å². The van der Waals surface area contributed by atoms with Gasteiger partial charge in [-0.3, -0.25) is 4.79 Å². The third-order valence-corrected chi connectivity index (χ3v) is 3.33. The van der Waals surface area contributed by atoms with E-state index in [4.69, 9.17) is 4.74 Å². The Morgan fingerprint density at radius 2 is 2.00 bits per heavy atom.